The fourth-order valence-corrected chi connectivity index (χ4v) is 5.34. The summed E-state index contributed by atoms with van der Waals surface area (Å²) in [6, 6.07) is 18.6. The summed E-state index contributed by atoms with van der Waals surface area (Å²) in [6.07, 6.45) is -0.673. The number of nitrogens with zero attached hydrogens (tertiary/aromatic N) is 1. The van der Waals surface area contributed by atoms with Crippen molar-refractivity contribution in [3.8, 4) is 5.75 Å². The van der Waals surface area contributed by atoms with Gasteiger partial charge in [-0.3, -0.25) is 4.79 Å². The summed E-state index contributed by atoms with van der Waals surface area (Å²) in [4.78, 5) is 24.7. The standard InChI is InChI=1S/C36H43FN2O4/c1-21(2)20-39-23(4)30(17-25-9-16-31(37)33(18-25)43-24(5)35(41)42)29-15-12-27(19-32(29)39)34(40)38-22(3)26-10-13-28(14-11-26)36(6,7)8/h9-16,18-19,21-22,24H,17,20H2,1-8H3,(H,38,40)(H,41,42)/t22-,24+/m0/s1. The van der Waals surface area contributed by atoms with Crippen LogP contribution in [0.5, 0.6) is 5.75 Å². The molecule has 0 saturated heterocycles. The molecule has 0 aliphatic heterocycles. The van der Waals surface area contributed by atoms with Crippen LogP contribution in [0.15, 0.2) is 60.7 Å². The molecule has 0 spiro atoms. The van der Waals surface area contributed by atoms with Crippen LogP contribution < -0.4 is 10.1 Å². The average molecular weight is 587 g/mol. The second-order valence-corrected chi connectivity index (χ2v) is 12.9. The van der Waals surface area contributed by atoms with Gasteiger partial charge in [-0.1, -0.05) is 71.0 Å². The maximum atomic E-state index is 14.4. The summed E-state index contributed by atoms with van der Waals surface area (Å²) in [5.74, 6) is -1.62. The molecule has 6 nitrogen and oxygen atoms in total. The van der Waals surface area contributed by atoms with Crippen LogP contribution in [0.1, 0.15) is 92.8 Å². The zero-order valence-corrected chi connectivity index (χ0v) is 26.4. The van der Waals surface area contributed by atoms with Gasteiger partial charge in [0.15, 0.2) is 17.7 Å². The Hall–Kier alpha value is -4.13. The smallest absolute Gasteiger partial charge is 0.344 e. The minimum absolute atomic E-state index is 0.0635. The Kier molecular flexibility index (Phi) is 9.33. The monoisotopic (exact) mass is 586 g/mol. The Balaban J connectivity index is 1.64. The molecule has 0 fully saturated rings. The highest BCUT2D eigenvalue weighted by Gasteiger charge is 2.21. The maximum absolute atomic E-state index is 14.4. The lowest BCUT2D eigenvalue weighted by atomic mass is 9.86. The SMILES string of the molecule is Cc1c(Cc2ccc(F)c(O[C@H](C)C(=O)O)c2)c2ccc(C(=O)N[C@@H](C)c3ccc(C(C)(C)C)cc3)cc2n1CC(C)C. The Labute approximate surface area is 253 Å². The number of carboxylic acids is 1. The molecule has 4 rings (SSSR count). The highest BCUT2D eigenvalue weighted by atomic mass is 19.1. The van der Waals surface area contributed by atoms with E-state index in [0.29, 0.717) is 17.9 Å². The molecule has 0 aliphatic carbocycles. The Morgan fingerprint density at radius 3 is 2.26 bits per heavy atom. The van der Waals surface area contributed by atoms with Gasteiger partial charge in [0.1, 0.15) is 0 Å². The summed E-state index contributed by atoms with van der Waals surface area (Å²) in [7, 11) is 0. The quantitative estimate of drug-likeness (QED) is 0.197. The molecule has 228 valence electrons. The molecule has 0 aliphatic rings. The molecular weight excluding hydrogens is 543 g/mol. The van der Waals surface area contributed by atoms with Crippen LogP contribution in [0.25, 0.3) is 10.9 Å². The molecule has 0 bridgehead atoms. The van der Waals surface area contributed by atoms with Crippen LogP contribution in [0.2, 0.25) is 0 Å². The summed E-state index contributed by atoms with van der Waals surface area (Å²) >= 11 is 0. The number of amides is 1. The fourth-order valence-electron chi connectivity index (χ4n) is 5.34. The number of carbonyl (C=O) groups excluding carboxylic acids is 1. The molecule has 7 heteroatoms. The number of rotatable bonds is 10. The number of ether oxygens (including phenoxy) is 1. The number of carbonyl (C=O) groups is 2. The maximum Gasteiger partial charge on any atom is 0.344 e. The second kappa shape index (κ2) is 12.6. The van der Waals surface area contributed by atoms with Crippen molar-refractivity contribution in [2.75, 3.05) is 0 Å². The van der Waals surface area contributed by atoms with E-state index in [9.17, 15) is 19.1 Å². The van der Waals surface area contributed by atoms with E-state index in [1.165, 1.54) is 18.6 Å². The van der Waals surface area contributed by atoms with Crippen LogP contribution >= 0.6 is 0 Å². The minimum atomic E-state index is -1.17. The number of benzene rings is 3. The molecule has 4 aromatic rings. The van der Waals surface area contributed by atoms with E-state index in [1.807, 2.05) is 25.1 Å². The molecule has 1 heterocycles. The van der Waals surface area contributed by atoms with Crippen molar-refractivity contribution in [3.05, 3.63) is 100.0 Å². The Morgan fingerprint density at radius 1 is 0.977 bits per heavy atom. The molecule has 2 atom stereocenters. The third-order valence-corrected chi connectivity index (χ3v) is 7.92. The summed E-state index contributed by atoms with van der Waals surface area (Å²) in [5.41, 5.74) is 6.84. The van der Waals surface area contributed by atoms with E-state index in [0.717, 1.165) is 39.8 Å². The van der Waals surface area contributed by atoms with Gasteiger partial charge in [0.05, 0.1) is 6.04 Å². The van der Waals surface area contributed by atoms with Gasteiger partial charge in [-0.25, -0.2) is 9.18 Å². The van der Waals surface area contributed by atoms with E-state index in [1.54, 1.807) is 12.1 Å². The summed E-state index contributed by atoms with van der Waals surface area (Å²) in [6.45, 7) is 17.0. The Morgan fingerprint density at radius 2 is 1.65 bits per heavy atom. The van der Waals surface area contributed by atoms with Gasteiger partial charge in [0.2, 0.25) is 0 Å². The van der Waals surface area contributed by atoms with Gasteiger partial charge >= 0.3 is 5.97 Å². The van der Waals surface area contributed by atoms with Crippen LogP contribution in [0.4, 0.5) is 4.39 Å². The van der Waals surface area contributed by atoms with E-state index >= 15 is 0 Å². The number of aliphatic carboxylic acids is 1. The molecular formula is C36H43FN2O4. The normalized spacial score (nSPS) is 13.3. The van der Waals surface area contributed by atoms with Gasteiger partial charge < -0.3 is 19.7 Å². The van der Waals surface area contributed by atoms with Crippen molar-refractivity contribution < 1.29 is 23.8 Å². The number of halogens is 1. The predicted octanol–water partition coefficient (Wildman–Crippen LogP) is 7.98. The highest BCUT2D eigenvalue weighted by Crippen LogP contribution is 2.32. The summed E-state index contributed by atoms with van der Waals surface area (Å²) < 4.78 is 22.0. The summed E-state index contributed by atoms with van der Waals surface area (Å²) in [5, 5.41) is 13.4. The number of nitrogens with one attached hydrogen (secondary N) is 1. The van der Waals surface area contributed by atoms with Crippen molar-refractivity contribution >= 4 is 22.8 Å². The Bertz CT molecular complexity index is 1630. The number of carboxylic acid groups (broad SMARTS) is 1. The van der Waals surface area contributed by atoms with Crippen molar-refractivity contribution in [3.63, 3.8) is 0 Å². The van der Waals surface area contributed by atoms with E-state index in [-0.39, 0.29) is 23.1 Å². The first kappa shape index (κ1) is 31.8. The third kappa shape index (κ3) is 7.27. The molecule has 3 aromatic carbocycles. The van der Waals surface area contributed by atoms with Crippen molar-refractivity contribution in [2.24, 2.45) is 5.92 Å². The topological polar surface area (TPSA) is 80.6 Å². The van der Waals surface area contributed by atoms with Crippen molar-refractivity contribution in [2.45, 2.75) is 85.9 Å². The highest BCUT2D eigenvalue weighted by molar-refractivity contribution is 5.99. The molecule has 1 aromatic heterocycles. The van der Waals surface area contributed by atoms with Crippen molar-refractivity contribution in [1.29, 1.82) is 0 Å². The minimum Gasteiger partial charge on any atom is -0.479 e. The molecule has 43 heavy (non-hydrogen) atoms. The first-order valence-electron chi connectivity index (χ1n) is 14.9. The van der Waals surface area contributed by atoms with Gasteiger partial charge in [-0.15, -0.1) is 0 Å². The molecule has 2 N–H and O–H groups in total. The average Bonchev–Trinajstić information content (AvgIpc) is 3.19. The van der Waals surface area contributed by atoms with Gasteiger partial charge in [-0.05, 0) is 85.0 Å². The van der Waals surface area contributed by atoms with Gasteiger partial charge in [0, 0.05) is 28.7 Å². The molecule has 0 unspecified atom stereocenters. The lowest BCUT2D eigenvalue weighted by molar-refractivity contribution is -0.144. The lowest BCUT2D eigenvalue weighted by Gasteiger charge is -2.21. The molecule has 1 amide bonds. The largest absolute Gasteiger partial charge is 0.479 e. The number of hydrogen-bond acceptors (Lipinski definition) is 3. The second-order valence-electron chi connectivity index (χ2n) is 12.9. The molecule has 0 saturated carbocycles. The van der Waals surface area contributed by atoms with Crippen LogP contribution in [0, 0.1) is 18.7 Å². The third-order valence-electron chi connectivity index (χ3n) is 7.92. The lowest BCUT2D eigenvalue weighted by Crippen LogP contribution is -2.26. The molecule has 0 radical (unpaired) electrons. The van der Waals surface area contributed by atoms with Crippen LogP contribution in [-0.4, -0.2) is 27.7 Å². The van der Waals surface area contributed by atoms with Crippen molar-refractivity contribution in [1.82, 2.24) is 9.88 Å². The number of hydrogen-bond donors (Lipinski definition) is 2. The number of aromatic nitrogens is 1. The number of fused-ring (bicyclic) bond motifs is 1. The van der Waals surface area contributed by atoms with E-state index in [4.69, 9.17) is 4.74 Å². The van der Waals surface area contributed by atoms with Gasteiger partial charge in [-0.2, -0.15) is 0 Å². The zero-order valence-electron chi connectivity index (χ0n) is 26.4. The van der Waals surface area contributed by atoms with Gasteiger partial charge in [0.25, 0.3) is 5.91 Å². The van der Waals surface area contributed by atoms with E-state index < -0.39 is 17.9 Å². The first-order chi connectivity index (χ1) is 20.1. The van der Waals surface area contributed by atoms with Crippen LogP contribution in [0.3, 0.4) is 0 Å². The fraction of sp³-hybridized carbons (Fsp3) is 0.389. The predicted molar refractivity (Wildman–Crippen MR) is 169 cm³/mol. The van der Waals surface area contributed by atoms with E-state index in [2.05, 4.69) is 75.7 Å². The van der Waals surface area contributed by atoms with Crippen LogP contribution in [-0.2, 0) is 23.2 Å². The first-order valence-corrected chi connectivity index (χ1v) is 14.9. The zero-order chi connectivity index (χ0) is 31.6.